The van der Waals surface area contributed by atoms with E-state index in [1.54, 1.807) is 12.1 Å². The van der Waals surface area contributed by atoms with Crippen LogP contribution in [-0.2, 0) is 6.42 Å². The van der Waals surface area contributed by atoms with Gasteiger partial charge in [-0.25, -0.2) is 13.8 Å². The number of hydrogen-bond donors (Lipinski definition) is 1. The van der Waals surface area contributed by atoms with Crippen LogP contribution in [0.25, 0.3) is 0 Å². The number of halogens is 2. The second-order valence-electron chi connectivity index (χ2n) is 4.39. The van der Waals surface area contributed by atoms with Crippen molar-refractivity contribution in [3.8, 4) is 6.07 Å². The van der Waals surface area contributed by atoms with E-state index in [4.69, 9.17) is 5.26 Å². The van der Waals surface area contributed by atoms with Crippen LogP contribution in [-0.4, -0.2) is 11.5 Å². The van der Waals surface area contributed by atoms with Crippen LogP contribution in [0.3, 0.4) is 0 Å². The summed E-state index contributed by atoms with van der Waals surface area (Å²) < 4.78 is 26.2. The number of rotatable bonds is 4. The maximum absolute atomic E-state index is 13.4. The van der Waals surface area contributed by atoms with Crippen molar-refractivity contribution in [1.29, 1.82) is 5.26 Å². The molecule has 5 heteroatoms. The van der Waals surface area contributed by atoms with Crippen LogP contribution in [0.2, 0.25) is 0 Å². The number of aryl methyl sites for hydroxylation is 1. The first-order valence-electron chi connectivity index (χ1n) is 6.15. The van der Waals surface area contributed by atoms with Crippen molar-refractivity contribution in [2.45, 2.75) is 13.3 Å². The highest BCUT2D eigenvalue weighted by molar-refractivity contribution is 5.42. The van der Waals surface area contributed by atoms with Gasteiger partial charge in [0.2, 0.25) is 0 Å². The Hall–Kier alpha value is -2.48. The fraction of sp³-hybridized carbons (Fsp3) is 0.200. The molecule has 0 aliphatic rings. The third kappa shape index (κ3) is 3.29. The highest BCUT2D eigenvalue weighted by Gasteiger charge is 2.04. The Labute approximate surface area is 115 Å². The lowest BCUT2D eigenvalue weighted by molar-refractivity contribution is 0.572. The Balaban J connectivity index is 1.98. The van der Waals surface area contributed by atoms with Crippen molar-refractivity contribution in [2.75, 3.05) is 11.9 Å². The number of nitriles is 1. The fourth-order valence-corrected chi connectivity index (χ4v) is 1.79. The molecule has 0 unspecified atom stereocenters. The largest absolute Gasteiger partial charge is 0.370 e. The standard InChI is InChI=1S/C15H13F2N3/c1-10-2-5-15(20-14(10)9-18)19-7-6-11-3-4-12(16)8-13(11)17/h2-5,8H,6-7H2,1H3,(H,19,20). The van der Waals surface area contributed by atoms with Crippen molar-refractivity contribution in [1.82, 2.24) is 4.98 Å². The van der Waals surface area contributed by atoms with Gasteiger partial charge >= 0.3 is 0 Å². The van der Waals surface area contributed by atoms with E-state index in [0.717, 1.165) is 11.6 Å². The number of nitrogens with zero attached hydrogens (tertiary/aromatic N) is 2. The molecular formula is C15H13F2N3. The second kappa shape index (κ2) is 6.11. The normalized spacial score (nSPS) is 10.1. The number of aromatic nitrogens is 1. The van der Waals surface area contributed by atoms with Gasteiger partial charge in [0.25, 0.3) is 0 Å². The third-order valence-electron chi connectivity index (χ3n) is 2.92. The van der Waals surface area contributed by atoms with Gasteiger partial charge in [-0.05, 0) is 36.6 Å². The molecule has 1 heterocycles. The van der Waals surface area contributed by atoms with E-state index in [0.29, 0.717) is 30.0 Å². The van der Waals surface area contributed by atoms with Crippen LogP contribution >= 0.6 is 0 Å². The summed E-state index contributed by atoms with van der Waals surface area (Å²) in [6.45, 7) is 2.26. The maximum Gasteiger partial charge on any atom is 0.145 e. The topological polar surface area (TPSA) is 48.7 Å². The lowest BCUT2D eigenvalue weighted by atomic mass is 10.1. The van der Waals surface area contributed by atoms with Crippen LogP contribution in [0.4, 0.5) is 14.6 Å². The van der Waals surface area contributed by atoms with Crippen molar-refractivity contribution < 1.29 is 8.78 Å². The lowest BCUT2D eigenvalue weighted by Crippen LogP contribution is -2.08. The molecule has 20 heavy (non-hydrogen) atoms. The van der Waals surface area contributed by atoms with Crippen molar-refractivity contribution in [3.05, 3.63) is 58.8 Å². The van der Waals surface area contributed by atoms with Gasteiger partial charge in [0, 0.05) is 12.6 Å². The number of hydrogen-bond acceptors (Lipinski definition) is 3. The van der Waals surface area contributed by atoms with E-state index in [2.05, 4.69) is 10.3 Å². The second-order valence-corrected chi connectivity index (χ2v) is 4.39. The third-order valence-corrected chi connectivity index (χ3v) is 2.92. The van der Waals surface area contributed by atoms with E-state index in [1.807, 2.05) is 13.0 Å². The Kier molecular flexibility index (Phi) is 4.26. The van der Waals surface area contributed by atoms with Gasteiger partial charge < -0.3 is 5.32 Å². The molecule has 1 aromatic carbocycles. The molecule has 0 saturated heterocycles. The summed E-state index contributed by atoms with van der Waals surface area (Å²) in [6, 6.07) is 9.09. The molecule has 0 saturated carbocycles. The van der Waals surface area contributed by atoms with E-state index < -0.39 is 11.6 Å². The zero-order valence-electron chi connectivity index (χ0n) is 11.0. The fourth-order valence-electron chi connectivity index (χ4n) is 1.79. The Bertz CT molecular complexity index is 663. The van der Waals surface area contributed by atoms with Gasteiger partial charge in [-0.1, -0.05) is 12.1 Å². The predicted octanol–water partition coefficient (Wildman–Crippen LogP) is 3.19. The van der Waals surface area contributed by atoms with Gasteiger partial charge in [-0.3, -0.25) is 0 Å². The molecule has 0 radical (unpaired) electrons. The molecule has 2 rings (SSSR count). The predicted molar refractivity (Wildman–Crippen MR) is 72.2 cm³/mol. The summed E-state index contributed by atoms with van der Waals surface area (Å²) in [4.78, 5) is 4.13. The zero-order valence-corrected chi connectivity index (χ0v) is 11.0. The van der Waals surface area contributed by atoms with Gasteiger partial charge in [0.1, 0.15) is 29.2 Å². The Morgan fingerprint density at radius 2 is 2.05 bits per heavy atom. The van der Waals surface area contributed by atoms with Crippen LogP contribution < -0.4 is 5.32 Å². The SMILES string of the molecule is Cc1ccc(NCCc2ccc(F)cc2F)nc1C#N. The molecular weight excluding hydrogens is 260 g/mol. The van der Waals surface area contributed by atoms with Gasteiger partial charge in [-0.15, -0.1) is 0 Å². The minimum Gasteiger partial charge on any atom is -0.370 e. The van der Waals surface area contributed by atoms with E-state index >= 15 is 0 Å². The molecule has 1 N–H and O–H groups in total. The number of nitrogens with one attached hydrogen (secondary N) is 1. The smallest absolute Gasteiger partial charge is 0.145 e. The van der Waals surface area contributed by atoms with Crippen molar-refractivity contribution >= 4 is 5.82 Å². The van der Waals surface area contributed by atoms with E-state index in [1.165, 1.54) is 12.1 Å². The minimum absolute atomic E-state index is 0.364. The Morgan fingerprint density at radius 3 is 2.75 bits per heavy atom. The van der Waals surface area contributed by atoms with Crippen molar-refractivity contribution in [3.63, 3.8) is 0 Å². The quantitative estimate of drug-likeness (QED) is 0.930. The highest BCUT2D eigenvalue weighted by Crippen LogP contribution is 2.12. The molecule has 1 aromatic heterocycles. The van der Waals surface area contributed by atoms with Crippen LogP contribution in [0, 0.1) is 29.9 Å². The molecule has 0 aliphatic carbocycles. The monoisotopic (exact) mass is 273 g/mol. The lowest BCUT2D eigenvalue weighted by Gasteiger charge is -2.07. The molecule has 0 amide bonds. The highest BCUT2D eigenvalue weighted by atomic mass is 19.1. The molecule has 0 bridgehead atoms. The molecule has 0 spiro atoms. The zero-order chi connectivity index (χ0) is 14.5. The molecule has 0 fully saturated rings. The summed E-state index contributed by atoms with van der Waals surface area (Å²) >= 11 is 0. The first-order chi connectivity index (χ1) is 9.60. The van der Waals surface area contributed by atoms with Crippen molar-refractivity contribution in [2.24, 2.45) is 0 Å². The summed E-state index contributed by atoms with van der Waals surface area (Å²) in [6.07, 6.45) is 0.406. The molecule has 0 aliphatic heterocycles. The van der Waals surface area contributed by atoms with Crippen LogP contribution in [0.5, 0.6) is 0 Å². The summed E-state index contributed by atoms with van der Waals surface area (Å²) in [5.74, 6) is -0.575. The number of pyridine rings is 1. The number of anilines is 1. The number of benzene rings is 1. The van der Waals surface area contributed by atoms with Crippen LogP contribution in [0.15, 0.2) is 30.3 Å². The van der Waals surface area contributed by atoms with Gasteiger partial charge in [-0.2, -0.15) is 5.26 Å². The van der Waals surface area contributed by atoms with E-state index in [-0.39, 0.29) is 0 Å². The van der Waals surface area contributed by atoms with Gasteiger partial charge in [0.05, 0.1) is 0 Å². The molecule has 0 atom stereocenters. The summed E-state index contributed by atoms with van der Waals surface area (Å²) in [5.41, 5.74) is 1.61. The maximum atomic E-state index is 13.4. The Morgan fingerprint density at radius 1 is 1.25 bits per heavy atom. The van der Waals surface area contributed by atoms with Gasteiger partial charge in [0.15, 0.2) is 0 Å². The molecule has 3 nitrogen and oxygen atoms in total. The van der Waals surface area contributed by atoms with Crippen LogP contribution in [0.1, 0.15) is 16.8 Å². The first kappa shape index (κ1) is 13.9. The molecule has 102 valence electrons. The molecule has 2 aromatic rings. The average Bonchev–Trinajstić information content (AvgIpc) is 2.43. The average molecular weight is 273 g/mol. The first-order valence-corrected chi connectivity index (χ1v) is 6.15. The van der Waals surface area contributed by atoms with E-state index in [9.17, 15) is 8.78 Å². The summed E-state index contributed by atoms with van der Waals surface area (Å²) in [7, 11) is 0. The minimum atomic E-state index is -0.585. The summed E-state index contributed by atoms with van der Waals surface area (Å²) in [5, 5.41) is 11.9.